The van der Waals surface area contributed by atoms with Gasteiger partial charge in [-0.1, -0.05) is 12.1 Å². The SMILES string of the molecule is COCCNCC(=O)N(C)Cc1ccc(C(=O)OC)cc1.Cl. The summed E-state index contributed by atoms with van der Waals surface area (Å²) in [6, 6.07) is 7.01. The van der Waals surface area contributed by atoms with Crippen molar-refractivity contribution >= 4 is 24.3 Å². The molecule has 22 heavy (non-hydrogen) atoms. The zero-order valence-corrected chi connectivity index (χ0v) is 13.9. The summed E-state index contributed by atoms with van der Waals surface area (Å²) >= 11 is 0. The molecule has 0 fully saturated rings. The monoisotopic (exact) mass is 330 g/mol. The van der Waals surface area contributed by atoms with Crippen molar-refractivity contribution < 1.29 is 19.1 Å². The molecule has 1 aromatic rings. The highest BCUT2D eigenvalue weighted by atomic mass is 35.5. The van der Waals surface area contributed by atoms with Gasteiger partial charge < -0.3 is 19.7 Å². The molecule has 0 radical (unpaired) electrons. The molecule has 0 unspecified atom stereocenters. The molecular formula is C15H23ClN2O4. The lowest BCUT2D eigenvalue weighted by Crippen LogP contribution is -2.36. The molecule has 0 aliphatic heterocycles. The van der Waals surface area contributed by atoms with Crippen LogP contribution in [-0.2, 0) is 20.8 Å². The van der Waals surface area contributed by atoms with Gasteiger partial charge in [-0.15, -0.1) is 12.4 Å². The number of likely N-dealkylation sites (N-methyl/N-ethyl adjacent to an activating group) is 1. The second-order valence-electron chi connectivity index (χ2n) is 4.61. The molecule has 0 saturated heterocycles. The molecule has 0 bridgehead atoms. The number of amides is 1. The molecule has 1 amide bonds. The number of hydrogen-bond acceptors (Lipinski definition) is 5. The molecule has 7 heteroatoms. The van der Waals surface area contributed by atoms with Crippen LogP contribution in [0.3, 0.4) is 0 Å². The fourth-order valence-corrected chi connectivity index (χ4v) is 1.73. The second kappa shape index (κ2) is 11.0. The number of ether oxygens (including phenoxy) is 2. The zero-order valence-electron chi connectivity index (χ0n) is 13.1. The number of esters is 1. The van der Waals surface area contributed by atoms with Crippen LogP contribution >= 0.6 is 12.4 Å². The van der Waals surface area contributed by atoms with Crippen molar-refractivity contribution in [2.24, 2.45) is 0 Å². The van der Waals surface area contributed by atoms with Crippen molar-refractivity contribution in [3.05, 3.63) is 35.4 Å². The standard InChI is InChI=1S/C15H22N2O4.ClH/c1-17(14(18)10-16-8-9-20-2)11-12-4-6-13(7-5-12)15(19)21-3;/h4-7,16H,8-11H2,1-3H3;1H. The molecular weight excluding hydrogens is 308 g/mol. The van der Waals surface area contributed by atoms with Crippen LogP contribution in [0.1, 0.15) is 15.9 Å². The zero-order chi connectivity index (χ0) is 15.7. The topological polar surface area (TPSA) is 67.9 Å². The highest BCUT2D eigenvalue weighted by Gasteiger charge is 2.10. The summed E-state index contributed by atoms with van der Waals surface area (Å²) in [5.74, 6) is -0.364. The third-order valence-corrected chi connectivity index (χ3v) is 2.98. The van der Waals surface area contributed by atoms with E-state index in [1.807, 2.05) is 12.1 Å². The predicted octanol–water partition coefficient (Wildman–Crippen LogP) is 1.09. The van der Waals surface area contributed by atoms with E-state index in [4.69, 9.17) is 4.74 Å². The molecule has 0 aliphatic rings. The fourth-order valence-electron chi connectivity index (χ4n) is 1.73. The molecule has 0 aliphatic carbocycles. The van der Waals surface area contributed by atoms with Gasteiger partial charge in [0.1, 0.15) is 0 Å². The molecule has 0 saturated carbocycles. The van der Waals surface area contributed by atoms with E-state index in [0.717, 1.165) is 5.56 Å². The quantitative estimate of drug-likeness (QED) is 0.571. The van der Waals surface area contributed by atoms with Crippen molar-refractivity contribution in [2.45, 2.75) is 6.54 Å². The maximum atomic E-state index is 11.9. The Morgan fingerprint density at radius 3 is 2.36 bits per heavy atom. The maximum Gasteiger partial charge on any atom is 0.337 e. The van der Waals surface area contributed by atoms with Crippen LogP contribution in [0.15, 0.2) is 24.3 Å². The first-order valence-corrected chi connectivity index (χ1v) is 6.69. The van der Waals surface area contributed by atoms with Gasteiger partial charge in [0.05, 0.1) is 25.8 Å². The third-order valence-electron chi connectivity index (χ3n) is 2.98. The van der Waals surface area contributed by atoms with Crippen LogP contribution in [0.5, 0.6) is 0 Å². The van der Waals surface area contributed by atoms with Crippen LogP contribution < -0.4 is 5.32 Å². The molecule has 1 N–H and O–H groups in total. The number of rotatable bonds is 8. The summed E-state index contributed by atoms with van der Waals surface area (Å²) in [6.07, 6.45) is 0. The summed E-state index contributed by atoms with van der Waals surface area (Å²) in [4.78, 5) is 24.8. The number of methoxy groups -OCH3 is 2. The Labute approximate surface area is 137 Å². The lowest BCUT2D eigenvalue weighted by molar-refractivity contribution is -0.129. The number of benzene rings is 1. The number of nitrogens with one attached hydrogen (secondary N) is 1. The molecule has 0 spiro atoms. The van der Waals surface area contributed by atoms with Crippen LogP contribution in [0.25, 0.3) is 0 Å². The van der Waals surface area contributed by atoms with Crippen molar-refractivity contribution in [1.82, 2.24) is 10.2 Å². The minimum Gasteiger partial charge on any atom is -0.465 e. The largest absolute Gasteiger partial charge is 0.465 e. The van der Waals surface area contributed by atoms with Crippen molar-refractivity contribution in [3.8, 4) is 0 Å². The predicted molar refractivity (Wildman–Crippen MR) is 86.2 cm³/mol. The van der Waals surface area contributed by atoms with Gasteiger partial charge in [-0.25, -0.2) is 4.79 Å². The highest BCUT2D eigenvalue weighted by molar-refractivity contribution is 5.89. The summed E-state index contributed by atoms with van der Waals surface area (Å²) in [6.45, 7) is 1.99. The van der Waals surface area contributed by atoms with Gasteiger partial charge in [0.2, 0.25) is 5.91 Å². The number of carbonyl (C=O) groups excluding carboxylic acids is 2. The van der Waals surface area contributed by atoms with E-state index in [9.17, 15) is 9.59 Å². The number of halogens is 1. The first-order chi connectivity index (χ1) is 10.1. The molecule has 1 rings (SSSR count). The van der Waals surface area contributed by atoms with Crippen LogP contribution in [-0.4, -0.2) is 57.7 Å². The molecule has 1 aromatic carbocycles. The summed E-state index contributed by atoms with van der Waals surface area (Å²) in [5.41, 5.74) is 1.45. The van der Waals surface area contributed by atoms with E-state index in [2.05, 4.69) is 10.1 Å². The van der Waals surface area contributed by atoms with Gasteiger partial charge in [0.15, 0.2) is 0 Å². The smallest absolute Gasteiger partial charge is 0.337 e. The van der Waals surface area contributed by atoms with E-state index in [1.54, 1.807) is 31.2 Å². The first kappa shape index (κ1) is 20.4. The summed E-state index contributed by atoms with van der Waals surface area (Å²) in [7, 11) is 4.71. The number of nitrogens with zero attached hydrogens (tertiary/aromatic N) is 1. The lowest BCUT2D eigenvalue weighted by Gasteiger charge is -2.17. The van der Waals surface area contributed by atoms with Crippen LogP contribution in [0.2, 0.25) is 0 Å². The number of hydrogen-bond donors (Lipinski definition) is 1. The van der Waals surface area contributed by atoms with E-state index < -0.39 is 0 Å². The van der Waals surface area contributed by atoms with Crippen molar-refractivity contribution in [3.63, 3.8) is 0 Å². The Morgan fingerprint density at radius 2 is 1.82 bits per heavy atom. The first-order valence-electron chi connectivity index (χ1n) is 6.69. The Bertz CT molecular complexity index is 465. The normalized spacial score (nSPS) is 9.77. The van der Waals surface area contributed by atoms with Gasteiger partial charge in [-0.2, -0.15) is 0 Å². The van der Waals surface area contributed by atoms with Crippen LogP contribution in [0, 0.1) is 0 Å². The van der Waals surface area contributed by atoms with Crippen molar-refractivity contribution in [2.75, 3.05) is 41.0 Å². The summed E-state index contributed by atoms with van der Waals surface area (Å²) < 4.78 is 9.53. The molecule has 0 heterocycles. The van der Waals surface area contributed by atoms with Gasteiger partial charge in [-0.05, 0) is 17.7 Å². The van der Waals surface area contributed by atoms with E-state index in [1.165, 1.54) is 7.11 Å². The Morgan fingerprint density at radius 1 is 1.18 bits per heavy atom. The molecule has 0 atom stereocenters. The van der Waals surface area contributed by atoms with Gasteiger partial charge in [0, 0.05) is 27.2 Å². The average molecular weight is 331 g/mol. The lowest BCUT2D eigenvalue weighted by atomic mass is 10.1. The molecule has 0 aromatic heterocycles. The second-order valence-corrected chi connectivity index (χ2v) is 4.61. The Balaban J connectivity index is 0.00000441. The molecule has 124 valence electrons. The van der Waals surface area contributed by atoms with E-state index in [0.29, 0.717) is 25.3 Å². The minimum atomic E-state index is -0.367. The van der Waals surface area contributed by atoms with E-state index in [-0.39, 0.29) is 30.8 Å². The maximum absolute atomic E-state index is 11.9. The Hall–Kier alpha value is -1.63. The minimum absolute atomic E-state index is 0. The van der Waals surface area contributed by atoms with Crippen LogP contribution in [0.4, 0.5) is 0 Å². The van der Waals surface area contributed by atoms with Gasteiger partial charge in [0.25, 0.3) is 0 Å². The third kappa shape index (κ3) is 6.89. The Kier molecular flexibility index (Phi) is 10.2. The molecule has 6 nitrogen and oxygen atoms in total. The number of carbonyl (C=O) groups is 2. The highest BCUT2D eigenvalue weighted by Crippen LogP contribution is 2.08. The summed E-state index contributed by atoms with van der Waals surface area (Å²) in [5, 5.41) is 3.01. The van der Waals surface area contributed by atoms with E-state index >= 15 is 0 Å². The van der Waals surface area contributed by atoms with Crippen molar-refractivity contribution in [1.29, 1.82) is 0 Å². The fraction of sp³-hybridized carbons (Fsp3) is 0.467. The average Bonchev–Trinajstić information content (AvgIpc) is 2.51. The van der Waals surface area contributed by atoms with Gasteiger partial charge >= 0.3 is 5.97 Å². The van der Waals surface area contributed by atoms with Gasteiger partial charge in [-0.3, -0.25) is 4.79 Å².